The minimum Gasteiger partial charge on any atom is -0.355 e. The molecule has 1 fully saturated rings. The van der Waals surface area contributed by atoms with Gasteiger partial charge in [-0.2, -0.15) is 0 Å². The molecule has 1 aliphatic heterocycles. The van der Waals surface area contributed by atoms with E-state index in [1.54, 1.807) is 11.8 Å². The third-order valence-electron chi connectivity index (χ3n) is 4.30. The fourth-order valence-corrected chi connectivity index (χ4v) is 3.80. The fraction of sp³-hybridized carbons (Fsp3) is 0.611. The Morgan fingerprint density at radius 1 is 1.25 bits per heavy atom. The van der Waals surface area contributed by atoms with E-state index in [2.05, 4.69) is 29.1 Å². The largest absolute Gasteiger partial charge is 0.355 e. The van der Waals surface area contributed by atoms with E-state index in [4.69, 9.17) is 11.6 Å². The molecule has 24 heavy (non-hydrogen) atoms. The van der Waals surface area contributed by atoms with Gasteiger partial charge in [0.15, 0.2) is 0 Å². The van der Waals surface area contributed by atoms with Gasteiger partial charge in [-0.15, -0.1) is 11.8 Å². The Morgan fingerprint density at radius 3 is 2.54 bits per heavy atom. The highest BCUT2D eigenvalue weighted by Gasteiger charge is 2.18. The molecule has 1 unspecified atom stereocenters. The molecule has 4 nitrogen and oxygen atoms in total. The second-order valence-electron chi connectivity index (χ2n) is 6.26. The highest BCUT2D eigenvalue weighted by Crippen LogP contribution is 2.26. The summed E-state index contributed by atoms with van der Waals surface area (Å²) in [7, 11) is 2.17. The van der Waals surface area contributed by atoms with Crippen LogP contribution >= 0.6 is 23.4 Å². The van der Waals surface area contributed by atoms with Gasteiger partial charge < -0.3 is 15.1 Å². The van der Waals surface area contributed by atoms with Crippen molar-refractivity contribution >= 4 is 29.3 Å². The summed E-state index contributed by atoms with van der Waals surface area (Å²) in [4.78, 5) is 18.3. The van der Waals surface area contributed by atoms with E-state index in [0.717, 1.165) is 62.0 Å². The first kappa shape index (κ1) is 19.6. The van der Waals surface area contributed by atoms with Crippen molar-refractivity contribution in [3.05, 3.63) is 29.3 Å². The summed E-state index contributed by atoms with van der Waals surface area (Å²) >= 11 is 7.51. The number of benzene rings is 1. The quantitative estimate of drug-likeness (QED) is 0.564. The van der Waals surface area contributed by atoms with Crippen LogP contribution in [0, 0.1) is 0 Å². The monoisotopic (exact) mass is 369 g/mol. The van der Waals surface area contributed by atoms with E-state index in [9.17, 15) is 4.79 Å². The third kappa shape index (κ3) is 6.63. The van der Waals surface area contributed by atoms with Gasteiger partial charge in [-0.05, 0) is 50.7 Å². The molecule has 1 saturated heterocycles. The first-order chi connectivity index (χ1) is 11.6. The molecule has 0 radical (unpaired) electrons. The van der Waals surface area contributed by atoms with Crippen LogP contribution in [-0.4, -0.2) is 67.3 Å². The molecular formula is C18H28ClN3OS. The van der Waals surface area contributed by atoms with E-state index in [-0.39, 0.29) is 11.2 Å². The molecule has 0 aliphatic carbocycles. The normalized spacial score (nSPS) is 17.6. The second-order valence-corrected chi connectivity index (χ2v) is 7.97. The average molecular weight is 370 g/mol. The molecule has 134 valence electrons. The Morgan fingerprint density at radius 2 is 1.92 bits per heavy atom. The van der Waals surface area contributed by atoms with Gasteiger partial charge in [-0.3, -0.25) is 4.79 Å². The number of likely N-dealkylation sites (N-methyl/N-ethyl adjacent to an activating group) is 1. The van der Waals surface area contributed by atoms with Gasteiger partial charge in [0.25, 0.3) is 0 Å². The Hall–Kier alpha value is -0.750. The number of nitrogens with zero attached hydrogens (tertiary/aromatic N) is 2. The molecule has 1 aromatic rings. The maximum atomic E-state index is 12.4. The van der Waals surface area contributed by atoms with Gasteiger partial charge in [-0.1, -0.05) is 18.5 Å². The van der Waals surface area contributed by atoms with Gasteiger partial charge in [0, 0.05) is 42.6 Å². The molecule has 1 aromatic carbocycles. The van der Waals surface area contributed by atoms with Gasteiger partial charge in [0.05, 0.1) is 5.25 Å². The number of nitrogens with one attached hydrogen (secondary N) is 1. The van der Waals surface area contributed by atoms with Crippen molar-refractivity contribution in [3.8, 4) is 0 Å². The highest BCUT2D eigenvalue weighted by molar-refractivity contribution is 8.00. The molecule has 2 rings (SSSR count). The number of carbonyl (C=O) groups is 1. The number of rotatable bonds is 8. The number of hydrogen-bond donors (Lipinski definition) is 1. The number of piperazine rings is 1. The summed E-state index contributed by atoms with van der Waals surface area (Å²) in [6.07, 6.45) is 1.83. The maximum absolute atomic E-state index is 12.4. The first-order valence-corrected chi connectivity index (χ1v) is 9.95. The van der Waals surface area contributed by atoms with Crippen LogP contribution in [0.2, 0.25) is 5.02 Å². The number of thioether (sulfide) groups is 1. The van der Waals surface area contributed by atoms with Crippen LogP contribution in [0.4, 0.5) is 0 Å². The summed E-state index contributed by atoms with van der Waals surface area (Å²) in [6.45, 7) is 8.42. The number of amides is 1. The van der Waals surface area contributed by atoms with Gasteiger partial charge in [0.2, 0.25) is 5.91 Å². The zero-order valence-electron chi connectivity index (χ0n) is 14.6. The lowest BCUT2D eigenvalue weighted by atomic mass is 10.3. The predicted molar refractivity (Wildman–Crippen MR) is 103 cm³/mol. The topological polar surface area (TPSA) is 35.6 Å². The third-order valence-corrected chi connectivity index (χ3v) is 5.93. The lowest BCUT2D eigenvalue weighted by Crippen LogP contribution is -2.45. The van der Waals surface area contributed by atoms with Crippen molar-refractivity contribution in [2.45, 2.75) is 29.9 Å². The van der Waals surface area contributed by atoms with Gasteiger partial charge in [-0.25, -0.2) is 0 Å². The Kier molecular flexibility index (Phi) is 8.39. The SMILES string of the molecule is CCC(Sc1ccc(Cl)cc1)C(=O)NCCCN1CCN(C)CC1. The molecule has 1 amide bonds. The maximum Gasteiger partial charge on any atom is 0.233 e. The number of hydrogen-bond acceptors (Lipinski definition) is 4. The van der Waals surface area contributed by atoms with E-state index < -0.39 is 0 Å². The van der Waals surface area contributed by atoms with E-state index in [0.29, 0.717) is 0 Å². The zero-order valence-corrected chi connectivity index (χ0v) is 16.2. The summed E-state index contributed by atoms with van der Waals surface area (Å²) in [6, 6.07) is 7.67. The Labute approximate surface area is 154 Å². The van der Waals surface area contributed by atoms with Gasteiger partial charge >= 0.3 is 0 Å². The summed E-state index contributed by atoms with van der Waals surface area (Å²) in [5.74, 6) is 0.135. The van der Waals surface area contributed by atoms with Gasteiger partial charge in [0.1, 0.15) is 0 Å². The molecule has 1 aliphatic rings. The van der Waals surface area contributed by atoms with Crippen molar-refractivity contribution in [1.29, 1.82) is 0 Å². The number of halogens is 1. The second kappa shape index (κ2) is 10.3. The summed E-state index contributed by atoms with van der Waals surface area (Å²) in [5.41, 5.74) is 0. The van der Waals surface area contributed by atoms with Crippen LogP contribution < -0.4 is 5.32 Å². The number of carbonyl (C=O) groups excluding carboxylic acids is 1. The van der Waals surface area contributed by atoms with E-state index in [1.165, 1.54) is 0 Å². The molecule has 1 heterocycles. The molecule has 0 bridgehead atoms. The lowest BCUT2D eigenvalue weighted by molar-refractivity contribution is -0.120. The van der Waals surface area contributed by atoms with E-state index in [1.807, 2.05) is 24.3 Å². The molecule has 0 aromatic heterocycles. The van der Waals surface area contributed by atoms with Crippen LogP contribution in [0.25, 0.3) is 0 Å². The summed E-state index contributed by atoms with van der Waals surface area (Å²) in [5, 5.41) is 3.77. The van der Waals surface area contributed by atoms with Crippen molar-refractivity contribution in [1.82, 2.24) is 15.1 Å². The first-order valence-electron chi connectivity index (χ1n) is 8.69. The zero-order chi connectivity index (χ0) is 17.4. The molecule has 1 N–H and O–H groups in total. The van der Waals surface area contributed by atoms with Crippen LogP contribution in [0.3, 0.4) is 0 Å². The smallest absolute Gasteiger partial charge is 0.233 e. The van der Waals surface area contributed by atoms with Crippen molar-refractivity contribution in [3.63, 3.8) is 0 Å². The highest BCUT2D eigenvalue weighted by atomic mass is 35.5. The van der Waals surface area contributed by atoms with E-state index >= 15 is 0 Å². The van der Waals surface area contributed by atoms with Crippen molar-refractivity contribution in [2.75, 3.05) is 46.3 Å². The molecular weight excluding hydrogens is 342 g/mol. The van der Waals surface area contributed by atoms with Crippen molar-refractivity contribution < 1.29 is 4.79 Å². The minimum atomic E-state index is -0.0465. The Balaban J connectivity index is 1.67. The van der Waals surface area contributed by atoms with Crippen LogP contribution in [-0.2, 0) is 4.79 Å². The molecule has 0 saturated carbocycles. The minimum absolute atomic E-state index is 0.0465. The average Bonchev–Trinajstić information content (AvgIpc) is 2.59. The standard InChI is InChI=1S/C18H28ClN3OS/c1-3-17(24-16-7-5-15(19)6-8-16)18(23)20-9-4-10-22-13-11-21(2)12-14-22/h5-8,17H,3-4,9-14H2,1-2H3,(H,20,23). The van der Waals surface area contributed by atoms with Crippen molar-refractivity contribution in [2.24, 2.45) is 0 Å². The fourth-order valence-electron chi connectivity index (χ4n) is 2.70. The van der Waals surface area contributed by atoms with Crippen LogP contribution in [0.1, 0.15) is 19.8 Å². The predicted octanol–water partition coefficient (Wildman–Crippen LogP) is 2.96. The molecule has 6 heteroatoms. The Bertz CT molecular complexity index is 503. The lowest BCUT2D eigenvalue weighted by Gasteiger charge is -2.32. The van der Waals surface area contributed by atoms with Crippen LogP contribution in [0.5, 0.6) is 0 Å². The molecule has 1 atom stereocenters. The van der Waals surface area contributed by atoms with Crippen LogP contribution in [0.15, 0.2) is 29.2 Å². The summed E-state index contributed by atoms with van der Waals surface area (Å²) < 4.78 is 0. The molecule has 0 spiro atoms.